The molecule has 4 heteroatoms. The van der Waals surface area contributed by atoms with Gasteiger partial charge in [0, 0.05) is 17.7 Å². The molecule has 2 rings (SSSR count). The van der Waals surface area contributed by atoms with Crippen LogP contribution in [0.15, 0.2) is 30.3 Å². The molecule has 1 aromatic carbocycles. The molecule has 0 radical (unpaired) electrons. The molecular weight excluding hydrogens is 242 g/mol. The van der Waals surface area contributed by atoms with Crippen molar-refractivity contribution in [1.29, 1.82) is 0 Å². The molecule has 4 nitrogen and oxygen atoms in total. The minimum absolute atomic E-state index is 0.0295. The van der Waals surface area contributed by atoms with E-state index in [1.54, 1.807) is 24.3 Å². The number of carbonyl (C=O) groups is 2. The SMILES string of the molecule is CC(C(=O)Nc1cccc(/C=C/C(=O)O)c1)C1CC1. The Kier molecular flexibility index (Phi) is 4.00. The van der Waals surface area contributed by atoms with Crippen molar-refractivity contribution in [1.82, 2.24) is 0 Å². The second-order valence-electron chi connectivity index (χ2n) is 4.91. The Balaban J connectivity index is 2.02. The molecule has 1 unspecified atom stereocenters. The Morgan fingerprint density at radius 3 is 2.79 bits per heavy atom. The Hall–Kier alpha value is -2.10. The topological polar surface area (TPSA) is 66.4 Å². The number of hydrogen-bond acceptors (Lipinski definition) is 2. The van der Waals surface area contributed by atoms with E-state index in [0.717, 1.165) is 24.5 Å². The van der Waals surface area contributed by atoms with Crippen LogP contribution in [0, 0.1) is 11.8 Å². The van der Waals surface area contributed by atoms with Crippen molar-refractivity contribution in [3.8, 4) is 0 Å². The van der Waals surface area contributed by atoms with Crippen LogP contribution in [-0.2, 0) is 9.59 Å². The summed E-state index contributed by atoms with van der Waals surface area (Å²) < 4.78 is 0. The van der Waals surface area contributed by atoms with E-state index < -0.39 is 5.97 Å². The maximum Gasteiger partial charge on any atom is 0.328 e. The zero-order valence-electron chi connectivity index (χ0n) is 10.8. The number of aliphatic carboxylic acids is 1. The van der Waals surface area contributed by atoms with Gasteiger partial charge in [-0.25, -0.2) is 4.79 Å². The van der Waals surface area contributed by atoms with Crippen LogP contribution in [0.4, 0.5) is 5.69 Å². The maximum absolute atomic E-state index is 11.9. The van der Waals surface area contributed by atoms with E-state index >= 15 is 0 Å². The second-order valence-corrected chi connectivity index (χ2v) is 4.91. The molecule has 1 fully saturated rings. The van der Waals surface area contributed by atoms with E-state index in [9.17, 15) is 9.59 Å². The highest BCUT2D eigenvalue weighted by atomic mass is 16.4. The predicted molar refractivity (Wildman–Crippen MR) is 73.6 cm³/mol. The van der Waals surface area contributed by atoms with Gasteiger partial charge in [0.2, 0.25) is 5.91 Å². The highest BCUT2D eigenvalue weighted by Gasteiger charge is 2.32. The predicted octanol–water partition coefficient (Wildman–Crippen LogP) is 2.77. The van der Waals surface area contributed by atoms with Gasteiger partial charge < -0.3 is 10.4 Å². The van der Waals surface area contributed by atoms with Crippen LogP contribution in [0.3, 0.4) is 0 Å². The lowest BCUT2D eigenvalue weighted by molar-refractivity contribution is -0.131. The van der Waals surface area contributed by atoms with Crippen molar-refractivity contribution in [2.45, 2.75) is 19.8 Å². The molecular formula is C15H17NO3. The van der Waals surface area contributed by atoms with Crippen molar-refractivity contribution in [2.24, 2.45) is 11.8 Å². The first kappa shape index (κ1) is 13.3. The summed E-state index contributed by atoms with van der Waals surface area (Å²) in [6.45, 7) is 1.95. The zero-order chi connectivity index (χ0) is 13.8. The van der Waals surface area contributed by atoms with Crippen LogP contribution in [-0.4, -0.2) is 17.0 Å². The lowest BCUT2D eigenvalue weighted by atomic mass is 10.1. The van der Waals surface area contributed by atoms with Gasteiger partial charge in [0.1, 0.15) is 0 Å². The number of benzene rings is 1. The number of amides is 1. The van der Waals surface area contributed by atoms with E-state index in [0.29, 0.717) is 11.6 Å². The summed E-state index contributed by atoms with van der Waals surface area (Å²) >= 11 is 0. The first-order chi connectivity index (χ1) is 9.06. The summed E-state index contributed by atoms with van der Waals surface area (Å²) in [6.07, 6.45) is 4.85. The van der Waals surface area contributed by atoms with Gasteiger partial charge in [0.15, 0.2) is 0 Å². The van der Waals surface area contributed by atoms with E-state index in [-0.39, 0.29) is 11.8 Å². The van der Waals surface area contributed by atoms with Crippen LogP contribution in [0.25, 0.3) is 6.08 Å². The number of carboxylic acid groups (broad SMARTS) is 1. The molecule has 0 heterocycles. The van der Waals surface area contributed by atoms with E-state index in [1.807, 2.05) is 6.92 Å². The number of nitrogens with one attached hydrogen (secondary N) is 1. The van der Waals surface area contributed by atoms with Crippen LogP contribution in [0.1, 0.15) is 25.3 Å². The fraction of sp³-hybridized carbons (Fsp3) is 0.333. The molecule has 0 aromatic heterocycles. The Labute approximate surface area is 112 Å². The van der Waals surface area contributed by atoms with E-state index in [2.05, 4.69) is 5.32 Å². The first-order valence-corrected chi connectivity index (χ1v) is 6.38. The second kappa shape index (κ2) is 5.69. The van der Waals surface area contributed by atoms with Gasteiger partial charge in [-0.2, -0.15) is 0 Å². The average molecular weight is 259 g/mol. The molecule has 2 N–H and O–H groups in total. The number of hydrogen-bond donors (Lipinski definition) is 2. The standard InChI is InChI=1S/C15H17NO3/c1-10(12-6-7-12)15(19)16-13-4-2-3-11(9-13)5-8-14(17)18/h2-5,8-10,12H,6-7H2,1H3,(H,16,19)(H,17,18)/b8-5+. The molecule has 1 saturated carbocycles. The van der Waals surface area contributed by atoms with Gasteiger partial charge in [-0.15, -0.1) is 0 Å². The lowest BCUT2D eigenvalue weighted by Gasteiger charge is -2.11. The third-order valence-electron chi connectivity index (χ3n) is 3.32. The Morgan fingerprint density at radius 1 is 1.42 bits per heavy atom. The third kappa shape index (κ3) is 3.95. The highest BCUT2D eigenvalue weighted by Crippen LogP contribution is 2.37. The molecule has 1 atom stereocenters. The van der Waals surface area contributed by atoms with Gasteiger partial charge in [0.05, 0.1) is 0 Å². The average Bonchev–Trinajstić information content (AvgIpc) is 3.20. The molecule has 0 aliphatic heterocycles. The summed E-state index contributed by atoms with van der Waals surface area (Å²) in [4.78, 5) is 22.4. The number of carbonyl (C=O) groups excluding carboxylic acids is 1. The summed E-state index contributed by atoms with van der Waals surface area (Å²) in [5.74, 6) is -0.396. The smallest absolute Gasteiger partial charge is 0.328 e. The molecule has 1 aliphatic rings. The van der Waals surface area contributed by atoms with Gasteiger partial charge in [0.25, 0.3) is 0 Å². The summed E-state index contributed by atoms with van der Waals surface area (Å²) in [6, 6.07) is 7.14. The number of carboxylic acids is 1. The van der Waals surface area contributed by atoms with Crippen molar-refractivity contribution < 1.29 is 14.7 Å². The van der Waals surface area contributed by atoms with Crippen molar-refractivity contribution in [3.63, 3.8) is 0 Å². The Bertz CT molecular complexity index is 518. The van der Waals surface area contributed by atoms with E-state index in [1.165, 1.54) is 6.08 Å². The molecule has 100 valence electrons. The summed E-state index contributed by atoms with van der Waals surface area (Å²) in [7, 11) is 0. The largest absolute Gasteiger partial charge is 0.478 e. The fourth-order valence-electron chi connectivity index (χ4n) is 1.95. The van der Waals surface area contributed by atoms with Crippen molar-refractivity contribution in [3.05, 3.63) is 35.9 Å². The van der Waals surface area contributed by atoms with Crippen LogP contribution >= 0.6 is 0 Å². The molecule has 1 amide bonds. The fourth-order valence-corrected chi connectivity index (χ4v) is 1.95. The first-order valence-electron chi connectivity index (χ1n) is 6.38. The minimum atomic E-state index is -0.989. The zero-order valence-corrected chi connectivity index (χ0v) is 10.8. The van der Waals surface area contributed by atoms with Crippen molar-refractivity contribution >= 4 is 23.6 Å². The molecule has 0 bridgehead atoms. The summed E-state index contributed by atoms with van der Waals surface area (Å²) in [5.41, 5.74) is 1.45. The van der Waals surface area contributed by atoms with Gasteiger partial charge in [-0.1, -0.05) is 19.1 Å². The maximum atomic E-state index is 11.9. The van der Waals surface area contributed by atoms with Crippen LogP contribution in [0.5, 0.6) is 0 Å². The highest BCUT2D eigenvalue weighted by molar-refractivity contribution is 5.93. The van der Waals surface area contributed by atoms with Gasteiger partial charge in [-0.05, 0) is 42.5 Å². The van der Waals surface area contributed by atoms with Crippen LogP contribution < -0.4 is 5.32 Å². The van der Waals surface area contributed by atoms with Crippen molar-refractivity contribution in [2.75, 3.05) is 5.32 Å². The summed E-state index contributed by atoms with van der Waals surface area (Å²) in [5, 5.41) is 11.4. The minimum Gasteiger partial charge on any atom is -0.478 e. The monoisotopic (exact) mass is 259 g/mol. The number of rotatable bonds is 5. The molecule has 1 aromatic rings. The lowest BCUT2D eigenvalue weighted by Crippen LogP contribution is -2.21. The third-order valence-corrected chi connectivity index (χ3v) is 3.32. The van der Waals surface area contributed by atoms with E-state index in [4.69, 9.17) is 5.11 Å². The molecule has 1 aliphatic carbocycles. The number of anilines is 1. The Morgan fingerprint density at radius 2 is 2.16 bits per heavy atom. The van der Waals surface area contributed by atoms with Gasteiger partial charge in [-0.3, -0.25) is 4.79 Å². The molecule has 0 spiro atoms. The normalized spacial score (nSPS) is 16.3. The van der Waals surface area contributed by atoms with Gasteiger partial charge >= 0.3 is 5.97 Å². The quantitative estimate of drug-likeness (QED) is 0.799. The molecule has 0 saturated heterocycles. The van der Waals surface area contributed by atoms with Crippen LogP contribution in [0.2, 0.25) is 0 Å². The molecule has 19 heavy (non-hydrogen) atoms.